The minimum absolute atomic E-state index is 0.757. The maximum atomic E-state index is 4.35. The van der Waals surface area contributed by atoms with Gasteiger partial charge in [-0.25, -0.2) is 14.6 Å². The molecule has 0 aliphatic carbocycles. The van der Waals surface area contributed by atoms with Crippen molar-refractivity contribution < 1.29 is 0 Å². The van der Waals surface area contributed by atoms with Gasteiger partial charge in [-0.1, -0.05) is 17.0 Å². The highest BCUT2D eigenvalue weighted by Gasteiger charge is 2.11. The zero-order valence-corrected chi connectivity index (χ0v) is 9.69. The van der Waals surface area contributed by atoms with Gasteiger partial charge in [-0.15, -0.1) is 16.9 Å². The Morgan fingerprint density at radius 2 is 1.93 bits per heavy atom. The molecule has 0 N–H and O–H groups in total. The average molecular weight is 227 g/mol. The summed E-state index contributed by atoms with van der Waals surface area (Å²) in [6, 6.07) is 0. The van der Waals surface area contributed by atoms with E-state index in [4.69, 9.17) is 0 Å². The lowest BCUT2D eigenvalue weighted by Gasteiger charge is -1.99. The summed E-state index contributed by atoms with van der Waals surface area (Å²) < 4.78 is 1.66. The minimum atomic E-state index is 0.757. The van der Waals surface area contributed by atoms with E-state index in [1.54, 1.807) is 16.4 Å². The molecule has 0 amide bonds. The molecule has 7 heteroatoms. The van der Waals surface area contributed by atoms with Gasteiger partial charge in [0.2, 0.25) is 0 Å². The van der Waals surface area contributed by atoms with Gasteiger partial charge in [-0.2, -0.15) is 0 Å². The van der Waals surface area contributed by atoms with E-state index in [0.717, 1.165) is 21.3 Å². The molecule has 2 rings (SSSR count). The van der Waals surface area contributed by atoms with E-state index in [2.05, 4.69) is 20.3 Å². The maximum Gasteiger partial charge on any atom is 0.190 e. The Morgan fingerprint density at radius 3 is 2.57 bits per heavy atom. The normalized spacial score (nSPS) is 11.1. The molecule has 0 spiro atoms. The summed E-state index contributed by atoms with van der Waals surface area (Å²) in [7, 11) is 1.83. The van der Waals surface area contributed by atoms with Crippen LogP contribution in [-0.2, 0) is 7.05 Å². The van der Waals surface area contributed by atoms with Crippen LogP contribution in [0.15, 0.2) is 10.2 Å². The largest absolute Gasteiger partial charge is 0.230 e. The monoisotopic (exact) mass is 227 g/mol. The first-order valence-electron chi connectivity index (χ1n) is 3.91. The number of hydrogen-bond acceptors (Lipinski definition) is 6. The number of fused-ring (bicyclic) bond motifs is 1. The molecule has 0 saturated heterocycles. The summed E-state index contributed by atoms with van der Waals surface area (Å²) >= 11 is 3.08. The highest BCUT2D eigenvalue weighted by Crippen LogP contribution is 2.23. The minimum Gasteiger partial charge on any atom is -0.230 e. The molecule has 0 atom stereocenters. The van der Waals surface area contributed by atoms with Crippen LogP contribution in [0.25, 0.3) is 11.2 Å². The first-order valence-corrected chi connectivity index (χ1v) is 6.36. The number of aromatic nitrogens is 5. The smallest absolute Gasteiger partial charge is 0.190 e. The Labute approximate surface area is 89.7 Å². The van der Waals surface area contributed by atoms with Crippen LogP contribution in [0.5, 0.6) is 0 Å². The summed E-state index contributed by atoms with van der Waals surface area (Å²) in [5.41, 5.74) is 1.56. The van der Waals surface area contributed by atoms with Gasteiger partial charge in [0.15, 0.2) is 16.3 Å². The molecule has 0 fully saturated rings. The lowest BCUT2D eigenvalue weighted by atomic mass is 10.5. The lowest BCUT2D eigenvalue weighted by molar-refractivity contribution is 0.726. The third kappa shape index (κ3) is 1.46. The zero-order chi connectivity index (χ0) is 10.1. The number of hydrogen-bond donors (Lipinski definition) is 0. The molecule has 0 saturated carbocycles. The van der Waals surface area contributed by atoms with Crippen LogP contribution >= 0.6 is 23.5 Å². The van der Waals surface area contributed by atoms with Gasteiger partial charge in [0.25, 0.3) is 0 Å². The molecule has 74 valence electrons. The van der Waals surface area contributed by atoms with Gasteiger partial charge in [-0.05, 0) is 12.5 Å². The van der Waals surface area contributed by atoms with E-state index in [1.165, 1.54) is 11.8 Å². The second kappa shape index (κ2) is 3.74. The van der Waals surface area contributed by atoms with E-state index < -0.39 is 0 Å². The second-order valence-electron chi connectivity index (χ2n) is 2.60. The number of thioether (sulfide) groups is 2. The van der Waals surface area contributed by atoms with E-state index in [0.29, 0.717) is 0 Å². The van der Waals surface area contributed by atoms with E-state index in [1.807, 2.05) is 19.6 Å². The fourth-order valence-corrected chi connectivity index (χ4v) is 2.03. The highest BCUT2D eigenvalue weighted by molar-refractivity contribution is 7.99. The van der Waals surface area contributed by atoms with Crippen LogP contribution < -0.4 is 0 Å². The predicted molar refractivity (Wildman–Crippen MR) is 57.7 cm³/mol. The first kappa shape index (κ1) is 9.72. The molecule has 0 aliphatic heterocycles. The van der Waals surface area contributed by atoms with E-state index in [9.17, 15) is 0 Å². The van der Waals surface area contributed by atoms with Crippen molar-refractivity contribution in [3.8, 4) is 0 Å². The standard InChI is InChI=1S/C7H9N5S2/c1-12-5-4(10-11-12)6(13-2)9-7(8-5)14-3/h1-3H3. The van der Waals surface area contributed by atoms with Gasteiger partial charge in [0.05, 0.1) is 0 Å². The number of nitrogens with zero attached hydrogens (tertiary/aromatic N) is 5. The number of rotatable bonds is 2. The first-order chi connectivity index (χ1) is 6.76. The molecule has 0 aliphatic rings. The third-order valence-corrected chi connectivity index (χ3v) is 2.99. The van der Waals surface area contributed by atoms with Crippen LogP contribution in [0.3, 0.4) is 0 Å². The molecule has 2 heterocycles. The fraction of sp³-hybridized carbons (Fsp3) is 0.429. The molecule has 5 nitrogen and oxygen atoms in total. The molecule has 0 radical (unpaired) electrons. The van der Waals surface area contributed by atoms with Gasteiger partial charge >= 0.3 is 0 Å². The molecule has 0 aromatic carbocycles. The van der Waals surface area contributed by atoms with Gasteiger partial charge in [0, 0.05) is 7.05 Å². The Hall–Kier alpha value is -0.820. The zero-order valence-electron chi connectivity index (χ0n) is 8.05. The van der Waals surface area contributed by atoms with Crippen LogP contribution in [-0.4, -0.2) is 37.5 Å². The van der Waals surface area contributed by atoms with Crippen molar-refractivity contribution in [3.05, 3.63) is 0 Å². The van der Waals surface area contributed by atoms with E-state index >= 15 is 0 Å². The van der Waals surface area contributed by atoms with Crippen molar-refractivity contribution in [2.75, 3.05) is 12.5 Å². The van der Waals surface area contributed by atoms with Crippen LogP contribution in [0.2, 0.25) is 0 Å². The molecular formula is C7H9N5S2. The molecular weight excluding hydrogens is 218 g/mol. The van der Waals surface area contributed by atoms with Crippen molar-refractivity contribution in [1.82, 2.24) is 25.0 Å². The van der Waals surface area contributed by atoms with Crippen molar-refractivity contribution in [2.24, 2.45) is 7.05 Å². The van der Waals surface area contributed by atoms with Crippen LogP contribution in [0, 0.1) is 0 Å². The second-order valence-corrected chi connectivity index (χ2v) is 4.17. The maximum absolute atomic E-state index is 4.35. The summed E-state index contributed by atoms with van der Waals surface area (Å²) in [6.45, 7) is 0. The van der Waals surface area contributed by atoms with Crippen molar-refractivity contribution in [3.63, 3.8) is 0 Å². The van der Waals surface area contributed by atoms with Crippen molar-refractivity contribution >= 4 is 34.7 Å². The Bertz CT molecular complexity index is 466. The molecule has 0 unspecified atom stereocenters. The summed E-state index contributed by atoms with van der Waals surface area (Å²) in [5.74, 6) is 0. The van der Waals surface area contributed by atoms with Crippen molar-refractivity contribution in [1.29, 1.82) is 0 Å². The Kier molecular flexibility index (Phi) is 2.60. The fourth-order valence-electron chi connectivity index (χ4n) is 1.10. The predicted octanol–water partition coefficient (Wildman–Crippen LogP) is 1.20. The topological polar surface area (TPSA) is 56.5 Å². The molecule has 2 aromatic heterocycles. The van der Waals surface area contributed by atoms with Gasteiger partial charge in [-0.3, -0.25) is 0 Å². The van der Waals surface area contributed by atoms with Crippen LogP contribution in [0.4, 0.5) is 0 Å². The SMILES string of the molecule is CSc1nc(SC)c2nnn(C)c2n1. The molecule has 0 bridgehead atoms. The average Bonchev–Trinajstić information content (AvgIpc) is 2.59. The van der Waals surface area contributed by atoms with Crippen LogP contribution in [0.1, 0.15) is 0 Å². The lowest BCUT2D eigenvalue weighted by Crippen LogP contribution is -1.95. The van der Waals surface area contributed by atoms with Gasteiger partial charge in [0.1, 0.15) is 5.03 Å². The van der Waals surface area contributed by atoms with Gasteiger partial charge < -0.3 is 0 Å². The third-order valence-electron chi connectivity index (χ3n) is 1.77. The Balaban J connectivity index is 2.76. The summed E-state index contributed by atoms with van der Waals surface area (Å²) in [5, 5.41) is 9.58. The van der Waals surface area contributed by atoms with E-state index in [-0.39, 0.29) is 0 Å². The summed E-state index contributed by atoms with van der Waals surface area (Å²) in [4.78, 5) is 8.69. The quantitative estimate of drug-likeness (QED) is 0.436. The Morgan fingerprint density at radius 1 is 1.14 bits per heavy atom. The molecule has 2 aromatic rings. The van der Waals surface area contributed by atoms with Crippen molar-refractivity contribution in [2.45, 2.75) is 10.2 Å². The molecule has 14 heavy (non-hydrogen) atoms. The number of aryl methyl sites for hydroxylation is 1. The summed E-state index contributed by atoms with van der Waals surface area (Å²) in [6.07, 6.45) is 3.93. The highest BCUT2D eigenvalue weighted by atomic mass is 32.2.